The fourth-order valence-electron chi connectivity index (χ4n) is 2.96. The number of carbonyl (C=O) groups excluding carboxylic acids is 1. The molecule has 0 aromatic rings. The topological polar surface area (TPSA) is 44.4 Å². The summed E-state index contributed by atoms with van der Waals surface area (Å²) in [6.07, 6.45) is 3.62. The molecule has 3 aliphatic rings. The van der Waals surface area contributed by atoms with E-state index in [0.29, 0.717) is 12.6 Å². The second-order valence-corrected chi connectivity index (χ2v) is 5.54. The number of hydrogen-bond donors (Lipinski definition) is 2. The van der Waals surface area contributed by atoms with Crippen LogP contribution in [0.15, 0.2) is 0 Å². The zero-order valence-electron chi connectivity index (χ0n) is 10.2. The van der Waals surface area contributed by atoms with Gasteiger partial charge in [-0.1, -0.05) is 0 Å². The van der Waals surface area contributed by atoms with Crippen molar-refractivity contribution in [3.63, 3.8) is 0 Å². The fourth-order valence-corrected chi connectivity index (χ4v) is 2.96. The summed E-state index contributed by atoms with van der Waals surface area (Å²) in [6.45, 7) is 5.15. The summed E-state index contributed by atoms with van der Waals surface area (Å²) in [5.74, 6) is 1.87. The van der Waals surface area contributed by atoms with E-state index in [1.54, 1.807) is 0 Å². The molecule has 0 aromatic carbocycles. The molecule has 1 saturated carbocycles. The van der Waals surface area contributed by atoms with Gasteiger partial charge in [0, 0.05) is 12.6 Å². The third-order valence-electron chi connectivity index (χ3n) is 4.10. The van der Waals surface area contributed by atoms with Crippen molar-refractivity contribution in [3.8, 4) is 0 Å². The van der Waals surface area contributed by atoms with Crippen LogP contribution in [0.25, 0.3) is 0 Å². The molecule has 2 aliphatic heterocycles. The highest BCUT2D eigenvalue weighted by Gasteiger charge is 2.33. The summed E-state index contributed by atoms with van der Waals surface area (Å²) in [6, 6.07) is 0.498. The van der Waals surface area contributed by atoms with Crippen LogP contribution in [0.5, 0.6) is 0 Å². The Bertz CT molecular complexity index is 283. The smallest absolute Gasteiger partial charge is 0.234 e. The average Bonchev–Trinajstić information content (AvgIpc) is 2.95. The van der Waals surface area contributed by atoms with Gasteiger partial charge in [0.05, 0.1) is 6.54 Å². The minimum absolute atomic E-state index is 0. The van der Waals surface area contributed by atoms with E-state index in [0.717, 1.165) is 31.5 Å². The van der Waals surface area contributed by atoms with Crippen molar-refractivity contribution in [1.29, 1.82) is 0 Å². The van der Waals surface area contributed by atoms with Gasteiger partial charge in [0.25, 0.3) is 0 Å². The van der Waals surface area contributed by atoms with Crippen LogP contribution in [0.1, 0.15) is 19.3 Å². The zero-order valence-corrected chi connectivity index (χ0v) is 11.0. The van der Waals surface area contributed by atoms with Crippen molar-refractivity contribution >= 4 is 18.3 Å². The van der Waals surface area contributed by atoms with E-state index in [1.165, 1.54) is 25.8 Å². The number of hydrogen-bond acceptors (Lipinski definition) is 3. The Morgan fingerprint density at radius 3 is 2.76 bits per heavy atom. The Morgan fingerprint density at radius 2 is 2.00 bits per heavy atom. The average molecular weight is 260 g/mol. The lowest BCUT2D eigenvalue weighted by Gasteiger charge is -2.33. The van der Waals surface area contributed by atoms with Crippen LogP contribution >= 0.6 is 12.4 Å². The van der Waals surface area contributed by atoms with Gasteiger partial charge in [0.15, 0.2) is 0 Å². The minimum Gasteiger partial charge on any atom is -0.352 e. The molecule has 0 spiro atoms. The Morgan fingerprint density at radius 1 is 1.24 bits per heavy atom. The molecule has 3 rings (SSSR count). The lowest BCUT2D eigenvalue weighted by atomic mass is 9.89. The number of halogens is 1. The maximum atomic E-state index is 11.7. The highest BCUT2D eigenvalue weighted by molar-refractivity contribution is 5.85. The van der Waals surface area contributed by atoms with Crippen LogP contribution < -0.4 is 10.6 Å². The third kappa shape index (κ3) is 3.33. The van der Waals surface area contributed by atoms with Gasteiger partial charge in [0.1, 0.15) is 0 Å². The van der Waals surface area contributed by atoms with E-state index < -0.39 is 0 Å². The molecule has 2 atom stereocenters. The molecular weight excluding hydrogens is 238 g/mol. The molecule has 2 N–H and O–H groups in total. The van der Waals surface area contributed by atoms with Crippen LogP contribution in [-0.2, 0) is 4.79 Å². The van der Waals surface area contributed by atoms with Gasteiger partial charge in [-0.3, -0.25) is 9.69 Å². The van der Waals surface area contributed by atoms with E-state index in [2.05, 4.69) is 15.5 Å². The van der Waals surface area contributed by atoms with Crippen molar-refractivity contribution in [2.24, 2.45) is 11.8 Å². The number of fused-ring (bicyclic) bond motifs is 1. The molecule has 2 unspecified atom stereocenters. The molecule has 5 heteroatoms. The van der Waals surface area contributed by atoms with E-state index in [9.17, 15) is 4.79 Å². The second-order valence-electron chi connectivity index (χ2n) is 5.54. The Kier molecular flexibility index (Phi) is 4.28. The summed E-state index contributed by atoms with van der Waals surface area (Å²) in [7, 11) is 0. The van der Waals surface area contributed by atoms with Gasteiger partial charge in [-0.05, 0) is 50.7 Å². The lowest BCUT2D eigenvalue weighted by Crippen LogP contribution is -2.45. The largest absolute Gasteiger partial charge is 0.352 e. The summed E-state index contributed by atoms with van der Waals surface area (Å²) in [5, 5.41) is 6.52. The first-order valence-electron chi connectivity index (χ1n) is 6.53. The number of rotatable bonds is 3. The maximum Gasteiger partial charge on any atom is 0.234 e. The van der Waals surface area contributed by atoms with Crippen LogP contribution in [-0.4, -0.2) is 49.6 Å². The molecule has 2 heterocycles. The monoisotopic (exact) mass is 259 g/mol. The molecule has 0 bridgehead atoms. The molecule has 2 saturated heterocycles. The summed E-state index contributed by atoms with van der Waals surface area (Å²) < 4.78 is 0. The van der Waals surface area contributed by atoms with Gasteiger partial charge in [-0.2, -0.15) is 0 Å². The first-order chi connectivity index (χ1) is 7.81. The normalized spacial score (nSPS) is 32.7. The number of carbonyl (C=O) groups is 1. The van der Waals surface area contributed by atoms with E-state index in [1.807, 2.05) is 0 Å². The summed E-state index contributed by atoms with van der Waals surface area (Å²) >= 11 is 0. The molecule has 1 amide bonds. The van der Waals surface area contributed by atoms with E-state index in [-0.39, 0.29) is 18.3 Å². The molecule has 0 aromatic heterocycles. The van der Waals surface area contributed by atoms with Gasteiger partial charge < -0.3 is 10.6 Å². The van der Waals surface area contributed by atoms with Crippen molar-refractivity contribution in [3.05, 3.63) is 0 Å². The molecule has 98 valence electrons. The quantitative estimate of drug-likeness (QED) is 0.763. The number of nitrogens with one attached hydrogen (secondary N) is 2. The van der Waals surface area contributed by atoms with Crippen molar-refractivity contribution < 1.29 is 4.79 Å². The van der Waals surface area contributed by atoms with Crippen LogP contribution in [0, 0.1) is 11.8 Å². The zero-order chi connectivity index (χ0) is 11.0. The van der Waals surface area contributed by atoms with Crippen molar-refractivity contribution in [1.82, 2.24) is 15.5 Å². The van der Waals surface area contributed by atoms with E-state index >= 15 is 0 Å². The third-order valence-corrected chi connectivity index (χ3v) is 4.10. The molecule has 4 nitrogen and oxygen atoms in total. The van der Waals surface area contributed by atoms with Crippen LogP contribution in [0.2, 0.25) is 0 Å². The predicted molar refractivity (Wildman–Crippen MR) is 69.3 cm³/mol. The first kappa shape index (κ1) is 13.1. The van der Waals surface area contributed by atoms with Crippen LogP contribution in [0.3, 0.4) is 0 Å². The minimum atomic E-state index is 0. The molecule has 1 aliphatic carbocycles. The number of piperidine rings is 1. The second kappa shape index (κ2) is 5.55. The van der Waals surface area contributed by atoms with E-state index in [4.69, 9.17) is 0 Å². The van der Waals surface area contributed by atoms with Gasteiger partial charge in [0.2, 0.25) is 5.91 Å². The molecule has 17 heavy (non-hydrogen) atoms. The van der Waals surface area contributed by atoms with Crippen LogP contribution in [0.4, 0.5) is 0 Å². The summed E-state index contributed by atoms with van der Waals surface area (Å²) in [4.78, 5) is 14.0. The van der Waals surface area contributed by atoms with Crippen molar-refractivity contribution in [2.45, 2.75) is 25.3 Å². The maximum absolute atomic E-state index is 11.7. The Labute approximate surface area is 109 Å². The molecule has 0 radical (unpaired) electrons. The highest BCUT2D eigenvalue weighted by atomic mass is 35.5. The fraction of sp³-hybridized carbons (Fsp3) is 0.917. The number of amides is 1. The highest BCUT2D eigenvalue weighted by Crippen LogP contribution is 2.26. The molecule has 3 fully saturated rings. The van der Waals surface area contributed by atoms with Gasteiger partial charge in [-0.25, -0.2) is 0 Å². The van der Waals surface area contributed by atoms with Gasteiger partial charge >= 0.3 is 0 Å². The first-order valence-corrected chi connectivity index (χ1v) is 6.53. The Balaban J connectivity index is 0.00000108. The Hall–Kier alpha value is -0.320. The standard InChI is InChI=1S/C12H21N3O.ClH/c16-12(14-11-1-2-11)8-15-4-3-9-5-13-6-10(9)7-15;/h9-11,13H,1-8H2,(H,14,16);1H. The van der Waals surface area contributed by atoms with Crippen molar-refractivity contribution in [2.75, 3.05) is 32.7 Å². The number of nitrogens with zero attached hydrogens (tertiary/aromatic N) is 1. The predicted octanol–water partition coefficient (Wildman–Crippen LogP) is 0.228. The molecular formula is C12H22ClN3O. The SMILES string of the molecule is Cl.O=C(CN1CCC2CNCC2C1)NC1CC1. The van der Waals surface area contributed by atoms with Gasteiger partial charge in [-0.15, -0.1) is 12.4 Å². The number of likely N-dealkylation sites (tertiary alicyclic amines) is 1. The summed E-state index contributed by atoms with van der Waals surface area (Å²) in [5.41, 5.74) is 0. The lowest BCUT2D eigenvalue weighted by molar-refractivity contribution is -0.122.